The maximum atomic E-state index is 13.6. The third kappa shape index (κ3) is 7.02. The van der Waals surface area contributed by atoms with Gasteiger partial charge in [0.15, 0.2) is 11.5 Å². The van der Waals surface area contributed by atoms with Gasteiger partial charge in [0.05, 0.1) is 27.4 Å². The molecule has 2 aromatic carbocycles. The van der Waals surface area contributed by atoms with E-state index in [0.29, 0.717) is 72.7 Å². The Labute approximate surface area is 217 Å². The van der Waals surface area contributed by atoms with Crippen LogP contribution in [0.3, 0.4) is 0 Å². The monoisotopic (exact) mass is 518 g/mol. The van der Waals surface area contributed by atoms with Crippen molar-refractivity contribution >= 4 is 29.2 Å². The molecule has 0 radical (unpaired) electrons. The molecule has 0 aromatic heterocycles. The Kier molecular flexibility index (Phi) is 9.42. The summed E-state index contributed by atoms with van der Waals surface area (Å²) in [6.07, 6.45) is 0. The molecule has 10 heteroatoms. The van der Waals surface area contributed by atoms with Crippen LogP contribution in [0.1, 0.15) is 29.8 Å². The fraction of sp³-hybridized carbons (Fsp3) is 0.462. The molecular formula is C26H35ClN4O5. The van der Waals surface area contributed by atoms with Gasteiger partial charge >= 0.3 is 6.03 Å². The second-order valence-electron chi connectivity index (χ2n) is 9.44. The highest BCUT2D eigenvalue weighted by Crippen LogP contribution is 2.30. The first-order chi connectivity index (χ1) is 17.2. The van der Waals surface area contributed by atoms with Crippen molar-refractivity contribution in [2.75, 3.05) is 58.9 Å². The number of carbonyl (C=O) groups is 2. The van der Waals surface area contributed by atoms with Crippen LogP contribution in [0.25, 0.3) is 0 Å². The standard InChI is InChI=1S/C26H35ClN4O5/c1-26(2,16-28)17-31(24(32)18-5-8-22(34-3)23(14-18)35-4)15-19-13-20(6-7-21(19)27)29-25(33)30-9-11-36-12-10-30/h5-8,13-14H,9-12,15-17,28H2,1-4H3,(H,29,33). The zero-order valence-corrected chi connectivity index (χ0v) is 22.1. The molecule has 1 aliphatic rings. The molecule has 0 unspecified atom stereocenters. The molecule has 1 heterocycles. The Hall–Kier alpha value is -3.01. The number of rotatable bonds is 9. The zero-order valence-electron chi connectivity index (χ0n) is 21.3. The fourth-order valence-corrected chi connectivity index (χ4v) is 4.06. The summed E-state index contributed by atoms with van der Waals surface area (Å²) >= 11 is 6.53. The van der Waals surface area contributed by atoms with Gasteiger partial charge in [-0.25, -0.2) is 4.79 Å². The first-order valence-corrected chi connectivity index (χ1v) is 12.2. The molecule has 3 N–H and O–H groups in total. The fourth-order valence-electron chi connectivity index (χ4n) is 3.88. The largest absolute Gasteiger partial charge is 0.493 e. The highest BCUT2D eigenvalue weighted by Gasteiger charge is 2.26. The number of nitrogens with one attached hydrogen (secondary N) is 1. The lowest BCUT2D eigenvalue weighted by molar-refractivity contribution is 0.0564. The number of urea groups is 1. The lowest BCUT2D eigenvalue weighted by Crippen LogP contribution is -2.43. The first kappa shape index (κ1) is 27.6. The number of methoxy groups -OCH3 is 2. The molecule has 2 aromatic rings. The van der Waals surface area contributed by atoms with Gasteiger partial charge in [-0.2, -0.15) is 0 Å². The van der Waals surface area contributed by atoms with Crippen molar-refractivity contribution in [3.05, 3.63) is 52.5 Å². The van der Waals surface area contributed by atoms with Gasteiger partial charge in [-0.3, -0.25) is 4.79 Å². The lowest BCUT2D eigenvalue weighted by atomic mass is 9.92. The van der Waals surface area contributed by atoms with E-state index < -0.39 is 0 Å². The van der Waals surface area contributed by atoms with Gasteiger partial charge in [0, 0.05) is 42.5 Å². The average molecular weight is 519 g/mol. The quantitative estimate of drug-likeness (QED) is 0.522. The molecule has 0 atom stereocenters. The molecule has 36 heavy (non-hydrogen) atoms. The summed E-state index contributed by atoms with van der Waals surface area (Å²) < 4.78 is 16.0. The predicted molar refractivity (Wildman–Crippen MR) is 140 cm³/mol. The SMILES string of the molecule is COc1ccc(C(=O)N(Cc2cc(NC(=O)N3CCOCC3)ccc2Cl)CC(C)(C)CN)cc1OC. The van der Waals surface area contributed by atoms with Gasteiger partial charge in [-0.1, -0.05) is 25.4 Å². The molecular weight excluding hydrogens is 484 g/mol. The number of hydrogen-bond donors (Lipinski definition) is 2. The van der Waals surface area contributed by atoms with Gasteiger partial charge in [0.2, 0.25) is 0 Å². The first-order valence-electron chi connectivity index (χ1n) is 11.8. The number of halogens is 1. The number of morpholine rings is 1. The van der Waals surface area contributed by atoms with Crippen LogP contribution in [0, 0.1) is 5.41 Å². The summed E-state index contributed by atoms with van der Waals surface area (Å²) in [4.78, 5) is 29.7. The van der Waals surface area contributed by atoms with Gasteiger partial charge in [0.25, 0.3) is 5.91 Å². The van der Waals surface area contributed by atoms with Crippen LogP contribution in [0.5, 0.6) is 11.5 Å². The third-order valence-electron chi connectivity index (χ3n) is 6.05. The van der Waals surface area contributed by atoms with Crippen molar-refractivity contribution in [3.8, 4) is 11.5 Å². The van der Waals surface area contributed by atoms with Crippen molar-refractivity contribution in [2.24, 2.45) is 11.1 Å². The molecule has 196 valence electrons. The molecule has 0 saturated carbocycles. The minimum absolute atomic E-state index is 0.198. The number of nitrogens with two attached hydrogens (primary N) is 1. The molecule has 0 bridgehead atoms. The van der Waals surface area contributed by atoms with E-state index in [1.54, 1.807) is 53.3 Å². The molecule has 9 nitrogen and oxygen atoms in total. The molecule has 1 saturated heterocycles. The minimum Gasteiger partial charge on any atom is -0.493 e. The summed E-state index contributed by atoms with van der Waals surface area (Å²) in [6, 6.07) is 10.1. The maximum Gasteiger partial charge on any atom is 0.321 e. The number of hydrogen-bond acceptors (Lipinski definition) is 6. The third-order valence-corrected chi connectivity index (χ3v) is 6.41. The maximum absolute atomic E-state index is 13.6. The Morgan fingerprint density at radius 2 is 1.81 bits per heavy atom. The molecule has 0 aliphatic carbocycles. The smallest absolute Gasteiger partial charge is 0.321 e. The van der Waals surface area contributed by atoms with Gasteiger partial charge in [-0.05, 0) is 53.9 Å². The van der Waals surface area contributed by atoms with Crippen molar-refractivity contribution in [1.82, 2.24) is 9.80 Å². The Balaban J connectivity index is 1.86. The van der Waals surface area contributed by atoms with Crippen molar-refractivity contribution in [3.63, 3.8) is 0 Å². The molecule has 3 amide bonds. The highest BCUT2D eigenvalue weighted by molar-refractivity contribution is 6.31. The van der Waals surface area contributed by atoms with Gasteiger partial charge < -0.3 is 35.1 Å². The molecule has 0 spiro atoms. The molecule has 3 rings (SSSR count). The van der Waals surface area contributed by atoms with Crippen LogP contribution in [-0.4, -0.2) is 75.4 Å². The van der Waals surface area contributed by atoms with Crippen LogP contribution in [-0.2, 0) is 11.3 Å². The van der Waals surface area contributed by atoms with E-state index in [-0.39, 0.29) is 23.9 Å². The summed E-state index contributed by atoms with van der Waals surface area (Å²) in [5.41, 5.74) is 7.41. The van der Waals surface area contributed by atoms with E-state index >= 15 is 0 Å². The Bertz CT molecular complexity index is 1070. The van der Waals surface area contributed by atoms with Crippen molar-refractivity contribution < 1.29 is 23.8 Å². The lowest BCUT2D eigenvalue weighted by Gasteiger charge is -2.32. The number of nitrogens with zero attached hydrogens (tertiary/aromatic N) is 2. The van der Waals surface area contributed by atoms with Crippen LogP contribution in [0.4, 0.5) is 10.5 Å². The number of amides is 3. The Morgan fingerprint density at radius 3 is 2.44 bits per heavy atom. The predicted octanol–water partition coefficient (Wildman–Crippen LogP) is 3.85. The topological polar surface area (TPSA) is 106 Å². The molecule has 1 fully saturated rings. The van der Waals surface area contributed by atoms with E-state index in [2.05, 4.69) is 5.32 Å². The Morgan fingerprint density at radius 1 is 1.11 bits per heavy atom. The number of ether oxygens (including phenoxy) is 3. The summed E-state index contributed by atoms with van der Waals surface area (Å²) in [5, 5.41) is 3.41. The highest BCUT2D eigenvalue weighted by atomic mass is 35.5. The van der Waals surface area contributed by atoms with Crippen LogP contribution < -0.4 is 20.5 Å². The van der Waals surface area contributed by atoms with Gasteiger partial charge in [-0.15, -0.1) is 0 Å². The molecule has 1 aliphatic heterocycles. The summed E-state index contributed by atoms with van der Waals surface area (Å²) in [5.74, 6) is 0.804. The van der Waals surface area contributed by atoms with Crippen LogP contribution in [0.2, 0.25) is 5.02 Å². The minimum atomic E-state index is -0.332. The number of anilines is 1. The van der Waals surface area contributed by atoms with E-state index in [4.69, 9.17) is 31.5 Å². The van der Waals surface area contributed by atoms with E-state index in [1.807, 2.05) is 13.8 Å². The van der Waals surface area contributed by atoms with Crippen molar-refractivity contribution in [1.29, 1.82) is 0 Å². The second-order valence-corrected chi connectivity index (χ2v) is 9.84. The number of carbonyl (C=O) groups excluding carboxylic acids is 2. The van der Waals surface area contributed by atoms with Crippen molar-refractivity contribution in [2.45, 2.75) is 20.4 Å². The van der Waals surface area contributed by atoms with E-state index in [9.17, 15) is 9.59 Å². The van der Waals surface area contributed by atoms with Crippen LogP contribution >= 0.6 is 11.6 Å². The van der Waals surface area contributed by atoms with E-state index in [0.717, 1.165) is 0 Å². The number of benzene rings is 2. The van der Waals surface area contributed by atoms with Crippen LogP contribution in [0.15, 0.2) is 36.4 Å². The zero-order chi connectivity index (χ0) is 26.3. The van der Waals surface area contributed by atoms with Gasteiger partial charge in [0.1, 0.15) is 0 Å². The second kappa shape index (κ2) is 12.3. The normalized spacial score (nSPS) is 13.8. The summed E-state index contributed by atoms with van der Waals surface area (Å²) in [6.45, 7) is 7.14. The average Bonchev–Trinajstić information content (AvgIpc) is 2.89. The van der Waals surface area contributed by atoms with E-state index in [1.165, 1.54) is 7.11 Å². The summed E-state index contributed by atoms with van der Waals surface area (Å²) in [7, 11) is 3.07.